The van der Waals surface area contributed by atoms with E-state index in [-0.39, 0.29) is 11.8 Å². The summed E-state index contributed by atoms with van der Waals surface area (Å²) >= 11 is 0. The Bertz CT molecular complexity index is 1030. The summed E-state index contributed by atoms with van der Waals surface area (Å²) in [5.74, 6) is 1.05. The van der Waals surface area contributed by atoms with Crippen molar-refractivity contribution in [2.24, 2.45) is 0 Å². The maximum Gasteiger partial charge on any atom is 0.255 e. The van der Waals surface area contributed by atoms with Gasteiger partial charge in [-0.1, -0.05) is 37.6 Å². The number of benzene rings is 1. The third-order valence-corrected chi connectivity index (χ3v) is 5.84. The zero-order valence-electron chi connectivity index (χ0n) is 18.6. The van der Waals surface area contributed by atoms with Gasteiger partial charge in [-0.15, -0.1) is 0 Å². The van der Waals surface area contributed by atoms with Gasteiger partial charge in [0.25, 0.3) is 5.91 Å². The average Bonchev–Trinajstić information content (AvgIpc) is 3.24. The highest BCUT2D eigenvalue weighted by atomic mass is 16.1. The number of aryl methyl sites for hydroxylation is 1. The molecule has 6 nitrogen and oxygen atoms in total. The van der Waals surface area contributed by atoms with E-state index >= 15 is 0 Å². The van der Waals surface area contributed by atoms with Crippen molar-refractivity contribution in [1.29, 1.82) is 0 Å². The molecule has 1 fully saturated rings. The number of carbonyl (C=O) groups is 1. The second kappa shape index (κ2) is 9.33. The molecule has 1 saturated heterocycles. The smallest absolute Gasteiger partial charge is 0.255 e. The predicted molar refractivity (Wildman–Crippen MR) is 124 cm³/mol. The van der Waals surface area contributed by atoms with Crippen LogP contribution in [0.15, 0.2) is 48.8 Å². The Hall–Kier alpha value is -3.15. The summed E-state index contributed by atoms with van der Waals surface area (Å²) in [5.41, 5.74) is 4.76. The average molecular weight is 418 g/mol. The fourth-order valence-corrected chi connectivity index (χ4v) is 4.21. The molecular formula is C25H31N5O. The van der Waals surface area contributed by atoms with Crippen molar-refractivity contribution in [2.75, 3.05) is 18.0 Å². The highest BCUT2D eigenvalue weighted by molar-refractivity contribution is 5.95. The summed E-state index contributed by atoms with van der Waals surface area (Å²) in [7, 11) is 0. The monoisotopic (exact) mass is 417 g/mol. The van der Waals surface area contributed by atoms with Crippen LogP contribution in [0, 0.1) is 6.92 Å². The molecule has 0 atom stereocenters. The van der Waals surface area contributed by atoms with Crippen LogP contribution in [0.2, 0.25) is 0 Å². The van der Waals surface area contributed by atoms with Gasteiger partial charge in [0.15, 0.2) is 0 Å². The standard InChI is InChI=1S/C25H31N5O/c1-18(2)23-22(17-28-30(23)21-11-9-19(3)10-12-21)25(31)27-16-20-8-7-13-26-24(20)29-14-5-4-6-15-29/h7-13,17-18H,4-6,14-16H2,1-3H3,(H,27,31). The molecule has 0 radical (unpaired) electrons. The lowest BCUT2D eigenvalue weighted by atomic mass is 10.0. The molecule has 1 aliphatic rings. The molecule has 3 heterocycles. The fraction of sp³-hybridized carbons (Fsp3) is 0.400. The molecule has 1 aromatic carbocycles. The summed E-state index contributed by atoms with van der Waals surface area (Å²) in [6, 6.07) is 12.2. The van der Waals surface area contributed by atoms with Crippen molar-refractivity contribution >= 4 is 11.7 Å². The van der Waals surface area contributed by atoms with Crippen molar-refractivity contribution in [3.05, 3.63) is 71.2 Å². The van der Waals surface area contributed by atoms with E-state index in [0.717, 1.165) is 35.9 Å². The molecule has 0 aliphatic carbocycles. The van der Waals surface area contributed by atoms with E-state index in [1.165, 1.54) is 24.8 Å². The van der Waals surface area contributed by atoms with Crippen LogP contribution in [0.25, 0.3) is 5.69 Å². The van der Waals surface area contributed by atoms with Crippen LogP contribution in [0.3, 0.4) is 0 Å². The summed E-state index contributed by atoms with van der Waals surface area (Å²) in [6.45, 7) is 8.75. The summed E-state index contributed by atoms with van der Waals surface area (Å²) in [4.78, 5) is 20.1. The van der Waals surface area contributed by atoms with Crippen LogP contribution in [0.1, 0.15) is 66.2 Å². The first-order chi connectivity index (χ1) is 15.0. The van der Waals surface area contributed by atoms with E-state index < -0.39 is 0 Å². The van der Waals surface area contributed by atoms with E-state index in [2.05, 4.69) is 59.3 Å². The normalized spacial score (nSPS) is 14.1. The van der Waals surface area contributed by atoms with Crippen molar-refractivity contribution < 1.29 is 4.79 Å². The number of hydrogen-bond donors (Lipinski definition) is 1. The Labute approximate surface area is 184 Å². The molecule has 1 aliphatic heterocycles. The van der Waals surface area contributed by atoms with Crippen LogP contribution in [-0.4, -0.2) is 33.8 Å². The van der Waals surface area contributed by atoms with Gasteiger partial charge < -0.3 is 10.2 Å². The minimum Gasteiger partial charge on any atom is -0.356 e. The molecule has 1 amide bonds. The largest absolute Gasteiger partial charge is 0.356 e. The Morgan fingerprint density at radius 3 is 2.55 bits per heavy atom. The number of piperidine rings is 1. The molecule has 0 spiro atoms. The van der Waals surface area contributed by atoms with Crippen LogP contribution in [0.5, 0.6) is 0 Å². The van der Waals surface area contributed by atoms with E-state index in [9.17, 15) is 4.79 Å². The van der Waals surface area contributed by atoms with Crippen LogP contribution >= 0.6 is 0 Å². The van der Waals surface area contributed by atoms with Gasteiger partial charge in [0.05, 0.1) is 23.1 Å². The van der Waals surface area contributed by atoms with Crippen LogP contribution < -0.4 is 10.2 Å². The highest BCUT2D eigenvalue weighted by Crippen LogP contribution is 2.24. The number of anilines is 1. The van der Waals surface area contributed by atoms with E-state index in [1.54, 1.807) is 6.20 Å². The van der Waals surface area contributed by atoms with Crippen molar-refractivity contribution in [3.63, 3.8) is 0 Å². The number of nitrogens with zero attached hydrogens (tertiary/aromatic N) is 4. The van der Waals surface area contributed by atoms with Crippen molar-refractivity contribution in [3.8, 4) is 5.69 Å². The van der Waals surface area contributed by atoms with Gasteiger partial charge in [0, 0.05) is 31.4 Å². The van der Waals surface area contributed by atoms with E-state index in [1.807, 2.05) is 29.1 Å². The van der Waals surface area contributed by atoms with Crippen LogP contribution in [0.4, 0.5) is 5.82 Å². The second-order valence-corrected chi connectivity index (χ2v) is 8.56. The van der Waals surface area contributed by atoms with Crippen molar-refractivity contribution in [2.45, 2.75) is 52.5 Å². The molecule has 162 valence electrons. The minimum absolute atomic E-state index is 0.101. The quantitative estimate of drug-likeness (QED) is 0.636. The first-order valence-electron chi connectivity index (χ1n) is 11.2. The number of pyridine rings is 1. The van der Waals surface area contributed by atoms with E-state index in [0.29, 0.717) is 12.1 Å². The number of rotatable bonds is 6. The van der Waals surface area contributed by atoms with Gasteiger partial charge in [0.1, 0.15) is 5.82 Å². The number of aromatic nitrogens is 3. The molecule has 2 aromatic heterocycles. The first-order valence-corrected chi connectivity index (χ1v) is 11.2. The number of amides is 1. The lowest BCUT2D eigenvalue weighted by Gasteiger charge is -2.29. The second-order valence-electron chi connectivity index (χ2n) is 8.56. The lowest BCUT2D eigenvalue weighted by Crippen LogP contribution is -2.32. The Kier molecular flexibility index (Phi) is 6.35. The molecule has 0 saturated carbocycles. The Morgan fingerprint density at radius 1 is 1.10 bits per heavy atom. The number of hydrogen-bond acceptors (Lipinski definition) is 4. The minimum atomic E-state index is -0.101. The molecule has 6 heteroatoms. The zero-order valence-corrected chi connectivity index (χ0v) is 18.6. The molecule has 0 unspecified atom stereocenters. The summed E-state index contributed by atoms with van der Waals surface area (Å²) < 4.78 is 1.88. The highest BCUT2D eigenvalue weighted by Gasteiger charge is 2.22. The third kappa shape index (κ3) is 4.63. The third-order valence-electron chi connectivity index (χ3n) is 5.84. The zero-order chi connectivity index (χ0) is 21.8. The van der Waals surface area contributed by atoms with Crippen LogP contribution in [-0.2, 0) is 6.54 Å². The maximum atomic E-state index is 13.1. The van der Waals surface area contributed by atoms with Gasteiger partial charge >= 0.3 is 0 Å². The maximum absolute atomic E-state index is 13.1. The van der Waals surface area contributed by atoms with Gasteiger partial charge in [0.2, 0.25) is 0 Å². The number of carbonyl (C=O) groups excluding carboxylic acids is 1. The SMILES string of the molecule is Cc1ccc(-n2ncc(C(=O)NCc3cccnc3N3CCCCC3)c2C(C)C)cc1. The van der Waals surface area contributed by atoms with Gasteiger partial charge in [-0.2, -0.15) is 5.10 Å². The molecule has 1 N–H and O–H groups in total. The van der Waals surface area contributed by atoms with Gasteiger partial charge in [-0.25, -0.2) is 9.67 Å². The summed E-state index contributed by atoms with van der Waals surface area (Å²) in [6.07, 6.45) is 7.17. The molecule has 0 bridgehead atoms. The topological polar surface area (TPSA) is 63.1 Å². The molecular weight excluding hydrogens is 386 g/mol. The fourth-order valence-electron chi connectivity index (χ4n) is 4.21. The predicted octanol–water partition coefficient (Wildman–Crippen LogP) is 4.62. The van der Waals surface area contributed by atoms with Gasteiger partial charge in [-0.05, 0) is 50.3 Å². The molecule has 31 heavy (non-hydrogen) atoms. The number of nitrogens with one attached hydrogen (secondary N) is 1. The molecule has 4 rings (SSSR count). The molecule has 3 aromatic rings. The van der Waals surface area contributed by atoms with Gasteiger partial charge in [-0.3, -0.25) is 4.79 Å². The van der Waals surface area contributed by atoms with Crippen molar-refractivity contribution in [1.82, 2.24) is 20.1 Å². The Balaban J connectivity index is 1.54. The lowest BCUT2D eigenvalue weighted by molar-refractivity contribution is 0.0949. The summed E-state index contributed by atoms with van der Waals surface area (Å²) in [5, 5.41) is 7.64. The first kappa shape index (κ1) is 21.1. The van der Waals surface area contributed by atoms with E-state index in [4.69, 9.17) is 0 Å². The Morgan fingerprint density at radius 2 is 1.84 bits per heavy atom.